The maximum atomic E-state index is 11.6. The van der Waals surface area contributed by atoms with Gasteiger partial charge in [0.2, 0.25) is 5.75 Å². The number of aromatic hydroxyl groups is 1. The zero-order chi connectivity index (χ0) is 26.6. The highest BCUT2D eigenvalue weighted by molar-refractivity contribution is 5.92. The van der Waals surface area contributed by atoms with Crippen molar-refractivity contribution in [3.63, 3.8) is 0 Å². The van der Waals surface area contributed by atoms with Gasteiger partial charge in [-0.05, 0) is 47.8 Å². The molecule has 3 heteroatoms. The lowest BCUT2D eigenvalue weighted by Crippen LogP contribution is -2.05. The summed E-state index contributed by atoms with van der Waals surface area (Å²) in [6.45, 7) is 4.88. The molecule has 0 atom stereocenters. The van der Waals surface area contributed by atoms with Crippen molar-refractivity contribution >= 4 is 36.5 Å². The van der Waals surface area contributed by atoms with Crippen LogP contribution in [0.3, 0.4) is 0 Å². The number of rotatable bonds is 11. The molecule has 0 aliphatic rings. The first-order chi connectivity index (χ1) is 18.7. The van der Waals surface area contributed by atoms with E-state index in [1.165, 1.54) is 0 Å². The molecule has 3 nitrogen and oxygen atoms in total. The van der Waals surface area contributed by atoms with Crippen LogP contribution in [-0.2, 0) is 0 Å². The lowest BCUT2D eigenvalue weighted by molar-refractivity contribution is 0.266. The van der Waals surface area contributed by atoms with Gasteiger partial charge in [0.1, 0.15) is 0 Å². The van der Waals surface area contributed by atoms with E-state index < -0.39 is 0 Å². The lowest BCUT2D eigenvalue weighted by atomic mass is 9.94. The predicted octanol–water partition coefficient (Wildman–Crippen LogP) is 9.09. The minimum absolute atomic E-state index is 0.0645. The average Bonchev–Trinajstić information content (AvgIpc) is 2.97. The van der Waals surface area contributed by atoms with Crippen molar-refractivity contribution in [3.05, 3.63) is 124 Å². The van der Waals surface area contributed by atoms with Crippen LogP contribution >= 0.6 is 0 Å². The summed E-state index contributed by atoms with van der Waals surface area (Å²) < 4.78 is 12.3. The van der Waals surface area contributed by atoms with E-state index in [2.05, 4.69) is 43.3 Å². The molecular formula is C35H34O3. The van der Waals surface area contributed by atoms with E-state index in [1.807, 2.05) is 98.0 Å². The second-order valence-corrected chi connectivity index (χ2v) is 8.76. The topological polar surface area (TPSA) is 38.7 Å². The fourth-order valence-corrected chi connectivity index (χ4v) is 4.12. The van der Waals surface area contributed by atoms with Crippen molar-refractivity contribution in [2.45, 2.75) is 20.3 Å². The van der Waals surface area contributed by atoms with Crippen molar-refractivity contribution < 1.29 is 14.6 Å². The smallest absolute Gasteiger partial charge is 0.204 e. The quantitative estimate of drug-likeness (QED) is 0.208. The Morgan fingerprint density at radius 1 is 0.526 bits per heavy atom. The van der Waals surface area contributed by atoms with Gasteiger partial charge in [0, 0.05) is 11.1 Å². The number of benzene rings is 4. The van der Waals surface area contributed by atoms with Crippen LogP contribution in [0.4, 0.5) is 0 Å². The van der Waals surface area contributed by atoms with Gasteiger partial charge in [-0.1, -0.05) is 122 Å². The first kappa shape index (κ1) is 26.6. The minimum atomic E-state index is 0.0645. The average molecular weight is 503 g/mol. The molecule has 0 amide bonds. The van der Waals surface area contributed by atoms with Gasteiger partial charge >= 0.3 is 0 Å². The van der Waals surface area contributed by atoms with Gasteiger partial charge in [-0.2, -0.15) is 0 Å². The Morgan fingerprint density at radius 2 is 0.974 bits per heavy atom. The molecule has 0 aromatic heterocycles. The second kappa shape index (κ2) is 13.7. The van der Waals surface area contributed by atoms with E-state index in [0.717, 1.165) is 34.2 Å². The van der Waals surface area contributed by atoms with Crippen molar-refractivity contribution in [3.8, 4) is 17.2 Å². The maximum absolute atomic E-state index is 11.6. The molecule has 0 saturated carbocycles. The Kier molecular flexibility index (Phi) is 9.58. The molecule has 0 fully saturated rings. The molecule has 4 aromatic carbocycles. The van der Waals surface area contributed by atoms with Crippen molar-refractivity contribution in [2.75, 3.05) is 13.2 Å². The predicted molar refractivity (Wildman–Crippen MR) is 161 cm³/mol. The Hall–Kier alpha value is -4.50. The SMILES string of the molecule is CCCOc1c(C=Cc2ccccc2)c(C=Cc2ccccc2)c(C=Cc2ccccc2)c(O)c1OCC. The van der Waals surface area contributed by atoms with Crippen LogP contribution in [0.15, 0.2) is 91.0 Å². The van der Waals surface area contributed by atoms with E-state index in [0.29, 0.717) is 30.3 Å². The molecule has 0 radical (unpaired) electrons. The second-order valence-electron chi connectivity index (χ2n) is 8.76. The normalized spacial score (nSPS) is 11.5. The maximum Gasteiger partial charge on any atom is 0.204 e. The van der Waals surface area contributed by atoms with Gasteiger partial charge in [-0.25, -0.2) is 0 Å². The monoisotopic (exact) mass is 502 g/mol. The van der Waals surface area contributed by atoms with E-state index in [-0.39, 0.29) is 5.75 Å². The Labute approximate surface area is 226 Å². The Bertz CT molecular complexity index is 1390. The zero-order valence-corrected chi connectivity index (χ0v) is 22.0. The summed E-state index contributed by atoms with van der Waals surface area (Å²) in [5.41, 5.74) is 5.53. The van der Waals surface area contributed by atoms with Crippen LogP contribution in [-0.4, -0.2) is 18.3 Å². The zero-order valence-electron chi connectivity index (χ0n) is 22.0. The first-order valence-electron chi connectivity index (χ1n) is 13.1. The molecule has 0 saturated heterocycles. The molecule has 192 valence electrons. The molecule has 4 aromatic rings. The van der Waals surface area contributed by atoms with E-state index >= 15 is 0 Å². The molecular weight excluding hydrogens is 468 g/mol. The molecule has 0 bridgehead atoms. The highest BCUT2D eigenvalue weighted by Gasteiger charge is 2.23. The first-order valence-corrected chi connectivity index (χ1v) is 13.1. The molecule has 0 aliphatic heterocycles. The number of phenols is 1. The van der Waals surface area contributed by atoms with E-state index in [1.54, 1.807) is 0 Å². The molecule has 38 heavy (non-hydrogen) atoms. The van der Waals surface area contributed by atoms with Crippen LogP contribution in [0, 0.1) is 0 Å². The Morgan fingerprint density at radius 3 is 1.42 bits per heavy atom. The summed E-state index contributed by atoms with van der Waals surface area (Å²) in [6.07, 6.45) is 13.0. The highest BCUT2D eigenvalue weighted by atomic mass is 16.5. The fraction of sp³-hybridized carbons (Fsp3) is 0.143. The largest absolute Gasteiger partial charge is 0.504 e. The van der Waals surface area contributed by atoms with Gasteiger partial charge in [0.05, 0.1) is 13.2 Å². The van der Waals surface area contributed by atoms with E-state index in [9.17, 15) is 5.11 Å². The van der Waals surface area contributed by atoms with Crippen LogP contribution in [0.1, 0.15) is 53.6 Å². The Balaban J connectivity index is 1.97. The van der Waals surface area contributed by atoms with Gasteiger partial charge in [0.25, 0.3) is 0 Å². The molecule has 1 N–H and O–H groups in total. The number of hydrogen-bond donors (Lipinski definition) is 1. The third-order valence-electron chi connectivity index (χ3n) is 5.97. The summed E-state index contributed by atoms with van der Waals surface area (Å²) >= 11 is 0. The third kappa shape index (κ3) is 6.83. The van der Waals surface area contributed by atoms with E-state index in [4.69, 9.17) is 9.47 Å². The summed E-state index contributed by atoms with van der Waals surface area (Å²) in [5.74, 6) is 0.968. The summed E-state index contributed by atoms with van der Waals surface area (Å²) in [7, 11) is 0. The van der Waals surface area contributed by atoms with Crippen LogP contribution in [0.25, 0.3) is 36.5 Å². The number of phenolic OH excluding ortho intramolecular Hbond substituents is 1. The molecule has 4 rings (SSSR count). The van der Waals surface area contributed by atoms with Crippen molar-refractivity contribution in [2.24, 2.45) is 0 Å². The number of ether oxygens (including phenoxy) is 2. The minimum Gasteiger partial charge on any atom is -0.504 e. The lowest BCUT2D eigenvalue weighted by Gasteiger charge is -2.20. The molecule has 0 spiro atoms. The number of hydrogen-bond acceptors (Lipinski definition) is 3. The standard InChI is InChI=1S/C35H34O3/c1-3-26-38-34-32(25-22-29-18-12-7-13-19-29)30(23-20-27-14-8-5-9-15-27)31(33(36)35(34)37-4-2)24-21-28-16-10-6-11-17-28/h5-25,36H,3-4,26H2,1-2H3. The summed E-state index contributed by atoms with van der Waals surface area (Å²) in [5, 5.41) is 11.6. The van der Waals surface area contributed by atoms with Crippen LogP contribution in [0.5, 0.6) is 17.2 Å². The van der Waals surface area contributed by atoms with Crippen LogP contribution < -0.4 is 9.47 Å². The summed E-state index contributed by atoms with van der Waals surface area (Å²) in [6, 6.07) is 30.3. The van der Waals surface area contributed by atoms with Crippen molar-refractivity contribution in [1.82, 2.24) is 0 Å². The third-order valence-corrected chi connectivity index (χ3v) is 5.97. The molecule has 0 heterocycles. The molecule has 0 aliphatic carbocycles. The van der Waals surface area contributed by atoms with Gasteiger partial charge < -0.3 is 14.6 Å². The fourth-order valence-electron chi connectivity index (χ4n) is 4.12. The van der Waals surface area contributed by atoms with Crippen molar-refractivity contribution in [1.29, 1.82) is 0 Å². The van der Waals surface area contributed by atoms with Gasteiger partial charge in [-0.15, -0.1) is 0 Å². The molecule has 0 unspecified atom stereocenters. The summed E-state index contributed by atoms with van der Waals surface area (Å²) in [4.78, 5) is 0. The van der Waals surface area contributed by atoms with Gasteiger partial charge in [-0.3, -0.25) is 0 Å². The van der Waals surface area contributed by atoms with Crippen LogP contribution in [0.2, 0.25) is 0 Å². The highest BCUT2D eigenvalue weighted by Crippen LogP contribution is 2.47. The van der Waals surface area contributed by atoms with Gasteiger partial charge in [0.15, 0.2) is 11.5 Å².